The second-order valence-corrected chi connectivity index (χ2v) is 3.64. The molecule has 0 aliphatic carbocycles. The zero-order valence-electron chi connectivity index (χ0n) is 8.98. The van der Waals surface area contributed by atoms with E-state index in [1.807, 2.05) is 0 Å². The summed E-state index contributed by atoms with van der Waals surface area (Å²) in [7, 11) is 0. The van der Waals surface area contributed by atoms with Crippen molar-refractivity contribution in [2.24, 2.45) is 0 Å². The van der Waals surface area contributed by atoms with E-state index >= 15 is 0 Å². The van der Waals surface area contributed by atoms with Gasteiger partial charge in [-0.25, -0.2) is 4.39 Å². The van der Waals surface area contributed by atoms with E-state index < -0.39 is 24.5 Å². The molecule has 0 fully saturated rings. The van der Waals surface area contributed by atoms with E-state index in [1.54, 1.807) is 6.07 Å². The van der Waals surface area contributed by atoms with E-state index in [0.29, 0.717) is 0 Å². The molecule has 0 spiro atoms. The first-order valence-corrected chi connectivity index (χ1v) is 4.85. The van der Waals surface area contributed by atoms with Gasteiger partial charge in [-0.3, -0.25) is 0 Å². The van der Waals surface area contributed by atoms with Crippen molar-refractivity contribution in [3.63, 3.8) is 0 Å². The Labute approximate surface area is 95.9 Å². The van der Waals surface area contributed by atoms with Crippen molar-refractivity contribution in [3.05, 3.63) is 29.6 Å². The first-order valence-electron chi connectivity index (χ1n) is 4.85. The van der Waals surface area contributed by atoms with Gasteiger partial charge in [0.05, 0.1) is 12.1 Å². The minimum Gasteiger partial charge on any atom is -0.381 e. The predicted molar refractivity (Wildman–Crippen MR) is 54.9 cm³/mol. The monoisotopic (exact) mass is 246 g/mol. The molecular weight excluding hydrogens is 236 g/mol. The van der Waals surface area contributed by atoms with Gasteiger partial charge in [0, 0.05) is 6.04 Å². The quantitative estimate of drug-likeness (QED) is 0.829. The number of nitrogens with zero attached hydrogens (tertiary/aromatic N) is 1. The Kier molecular flexibility index (Phi) is 3.94. The van der Waals surface area contributed by atoms with Gasteiger partial charge in [0.15, 0.2) is 0 Å². The average molecular weight is 246 g/mol. The molecule has 6 heteroatoms. The van der Waals surface area contributed by atoms with Crippen LogP contribution in [-0.4, -0.2) is 12.2 Å². The van der Waals surface area contributed by atoms with Crippen LogP contribution in [0.2, 0.25) is 0 Å². The second kappa shape index (κ2) is 5.04. The highest BCUT2D eigenvalue weighted by atomic mass is 19.4. The molecule has 92 valence electrons. The van der Waals surface area contributed by atoms with Gasteiger partial charge in [-0.2, -0.15) is 18.4 Å². The van der Waals surface area contributed by atoms with Crippen molar-refractivity contribution in [2.75, 3.05) is 5.32 Å². The largest absolute Gasteiger partial charge is 0.391 e. The fourth-order valence-corrected chi connectivity index (χ4v) is 1.42. The molecule has 0 aliphatic rings. The van der Waals surface area contributed by atoms with Crippen molar-refractivity contribution < 1.29 is 17.6 Å². The Balaban J connectivity index is 2.83. The zero-order chi connectivity index (χ0) is 13.1. The number of alkyl halides is 3. The number of hydrogen-bond acceptors (Lipinski definition) is 2. The summed E-state index contributed by atoms with van der Waals surface area (Å²) in [4.78, 5) is 0. The van der Waals surface area contributed by atoms with Crippen LogP contribution in [0.15, 0.2) is 18.2 Å². The highest BCUT2D eigenvalue weighted by molar-refractivity contribution is 5.58. The van der Waals surface area contributed by atoms with Gasteiger partial charge in [0.1, 0.15) is 17.4 Å². The molecule has 1 aromatic carbocycles. The van der Waals surface area contributed by atoms with Crippen molar-refractivity contribution in [2.45, 2.75) is 25.6 Å². The van der Waals surface area contributed by atoms with E-state index in [1.165, 1.54) is 19.1 Å². The summed E-state index contributed by atoms with van der Waals surface area (Å²) in [6.07, 6.45) is -5.35. The van der Waals surface area contributed by atoms with Crippen LogP contribution in [0, 0.1) is 17.1 Å². The zero-order valence-corrected chi connectivity index (χ0v) is 8.98. The topological polar surface area (TPSA) is 35.8 Å². The summed E-state index contributed by atoms with van der Waals surface area (Å²) in [6, 6.07) is 4.47. The summed E-state index contributed by atoms with van der Waals surface area (Å²) < 4.78 is 49.4. The highest BCUT2D eigenvalue weighted by Crippen LogP contribution is 2.25. The van der Waals surface area contributed by atoms with Gasteiger partial charge in [-0.15, -0.1) is 0 Å². The molecule has 0 bridgehead atoms. The first-order chi connectivity index (χ1) is 7.83. The molecule has 0 radical (unpaired) electrons. The van der Waals surface area contributed by atoms with Crippen molar-refractivity contribution in [3.8, 4) is 6.07 Å². The van der Waals surface area contributed by atoms with Gasteiger partial charge in [-0.1, -0.05) is 6.07 Å². The summed E-state index contributed by atoms with van der Waals surface area (Å²) in [5.74, 6) is -0.753. The number of rotatable bonds is 3. The average Bonchev–Trinajstić information content (AvgIpc) is 2.14. The van der Waals surface area contributed by atoms with Gasteiger partial charge in [-0.05, 0) is 19.1 Å². The lowest BCUT2D eigenvalue weighted by molar-refractivity contribution is -0.136. The third-order valence-electron chi connectivity index (χ3n) is 2.06. The van der Waals surface area contributed by atoms with E-state index in [2.05, 4.69) is 5.32 Å². The van der Waals surface area contributed by atoms with E-state index in [9.17, 15) is 17.6 Å². The summed E-state index contributed by atoms with van der Waals surface area (Å²) in [5, 5.41) is 11.2. The van der Waals surface area contributed by atoms with E-state index in [4.69, 9.17) is 5.26 Å². The molecule has 1 unspecified atom stereocenters. The normalized spacial score (nSPS) is 12.9. The molecule has 17 heavy (non-hydrogen) atoms. The molecule has 0 saturated heterocycles. The van der Waals surface area contributed by atoms with Crippen LogP contribution in [0.3, 0.4) is 0 Å². The number of nitriles is 1. The van der Waals surface area contributed by atoms with Crippen LogP contribution in [0.5, 0.6) is 0 Å². The molecular formula is C11H10F4N2. The summed E-state index contributed by atoms with van der Waals surface area (Å²) >= 11 is 0. The number of halogens is 4. The molecule has 0 aromatic heterocycles. The Morgan fingerprint density at radius 1 is 1.41 bits per heavy atom. The van der Waals surface area contributed by atoms with E-state index in [-0.39, 0.29) is 11.3 Å². The van der Waals surface area contributed by atoms with Crippen LogP contribution in [-0.2, 0) is 0 Å². The number of benzene rings is 1. The second-order valence-electron chi connectivity index (χ2n) is 3.64. The Morgan fingerprint density at radius 2 is 2.06 bits per heavy atom. The minimum absolute atomic E-state index is 0.0734. The SMILES string of the molecule is CC(CC(F)(F)F)Nc1cccc(F)c1C#N. The smallest absolute Gasteiger partial charge is 0.381 e. The van der Waals surface area contributed by atoms with Gasteiger partial charge in [0.25, 0.3) is 0 Å². The molecule has 1 aromatic rings. The maximum absolute atomic E-state index is 13.2. The van der Waals surface area contributed by atoms with Gasteiger partial charge < -0.3 is 5.32 Å². The van der Waals surface area contributed by atoms with Crippen molar-refractivity contribution in [1.29, 1.82) is 5.26 Å². The Hall–Kier alpha value is -1.77. The van der Waals surface area contributed by atoms with Crippen LogP contribution in [0.25, 0.3) is 0 Å². The molecule has 1 atom stereocenters. The lowest BCUT2D eigenvalue weighted by atomic mass is 10.1. The Morgan fingerprint density at radius 3 is 2.59 bits per heavy atom. The lowest BCUT2D eigenvalue weighted by Gasteiger charge is -2.17. The number of hydrogen-bond donors (Lipinski definition) is 1. The maximum atomic E-state index is 13.2. The minimum atomic E-state index is -4.30. The van der Waals surface area contributed by atoms with Gasteiger partial charge >= 0.3 is 6.18 Å². The molecule has 1 rings (SSSR count). The van der Waals surface area contributed by atoms with Crippen molar-refractivity contribution in [1.82, 2.24) is 0 Å². The first kappa shape index (κ1) is 13.3. The highest BCUT2D eigenvalue weighted by Gasteiger charge is 2.30. The fraction of sp³-hybridized carbons (Fsp3) is 0.364. The lowest BCUT2D eigenvalue weighted by Crippen LogP contribution is -2.24. The summed E-state index contributed by atoms with van der Waals surface area (Å²) in [5.41, 5.74) is -0.203. The standard InChI is InChI=1S/C11H10F4N2/c1-7(5-11(13,14)15)17-10-4-2-3-9(12)8(10)6-16/h2-4,7,17H,5H2,1H3. The van der Waals surface area contributed by atoms with Gasteiger partial charge in [0.2, 0.25) is 0 Å². The fourth-order valence-electron chi connectivity index (χ4n) is 1.42. The van der Waals surface area contributed by atoms with E-state index in [0.717, 1.165) is 6.07 Å². The molecule has 1 N–H and O–H groups in total. The van der Waals surface area contributed by atoms with Crippen LogP contribution in [0.1, 0.15) is 18.9 Å². The Bertz CT molecular complexity index is 434. The van der Waals surface area contributed by atoms with Crippen molar-refractivity contribution >= 4 is 5.69 Å². The number of nitrogens with one attached hydrogen (secondary N) is 1. The molecule has 2 nitrogen and oxygen atoms in total. The predicted octanol–water partition coefficient (Wildman–Crippen LogP) is 3.45. The summed E-state index contributed by atoms with van der Waals surface area (Å²) in [6.45, 7) is 1.32. The van der Waals surface area contributed by atoms with Crippen LogP contribution < -0.4 is 5.32 Å². The molecule has 0 heterocycles. The van der Waals surface area contributed by atoms with Crippen LogP contribution >= 0.6 is 0 Å². The molecule has 0 aliphatic heterocycles. The molecule has 0 amide bonds. The third-order valence-corrected chi connectivity index (χ3v) is 2.06. The maximum Gasteiger partial charge on any atom is 0.391 e. The van der Waals surface area contributed by atoms with Crippen LogP contribution in [0.4, 0.5) is 23.2 Å². The molecule has 0 saturated carbocycles. The third kappa shape index (κ3) is 3.94. The number of anilines is 1.